The van der Waals surface area contributed by atoms with Crippen LogP contribution in [-0.2, 0) is 11.4 Å². The van der Waals surface area contributed by atoms with Crippen molar-refractivity contribution in [1.29, 1.82) is 0 Å². The van der Waals surface area contributed by atoms with Crippen molar-refractivity contribution in [3.8, 4) is 5.75 Å². The second-order valence-corrected chi connectivity index (χ2v) is 8.37. The van der Waals surface area contributed by atoms with Crippen LogP contribution in [0.25, 0.3) is 0 Å². The number of hydrogen-bond donors (Lipinski definition) is 2. The summed E-state index contributed by atoms with van der Waals surface area (Å²) in [5.74, 6) is 0.666. The first-order chi connectivity index (χ1) is 18.1. The van der Waals surface area contributed by atoms with Gasteiger partial charge in [0.05, 0.1) is 19.3 Å². The Morgan fingerprint density at radius 2 is 1.32 bits per heavy atom. The Hall–Kier alpha value is -4.82. The number of carbonyl (C=O) groups is 2. The standard InChI is InChI=1S/C29H26N4O4/c1-36-25-18-16-21(17-19-25)27-32(28(34)30-23-11-4-2-5-12-23)20-22-10-8-9-15-26(22)33(37-27)29(35)31-24-13-6-3-7-14-24/h2-19,27H,20H2,1H3,(H,30,34)(H,31,35). The van der Waals surface area contributed by atoms with Gasteiger partial charge in [0.25, 0.3) is 0 Å². The molecule has 0 saturated heterocycles. The number of nitrogens with one attached hydrogen (secondary N) is 2. The molecule has 0 fully saturated rings. The molecule has 0 radical (unpaired) electrons. The highest BCUT2D eigenvalue weighted by atomic mass is 16.7. The molecule has 0 saturated carbocycles. The van der Waals surface area contributed by atoms with E-state index in [0.717, 1.165) is 5.56 Å². The van der Waals surface area contributed by atoms with Gasteiger partial charge in [-0.3, -0.25) is 4.90 Å². The van der Waals surface area contributed by atoms with Crippen molar-refractivity contribution in [2.45, 2.75) is 12.8 Å². The van der Waals surface area contributed by atoms with Crippen molar-refractivity contribution in [3.05, 3.63) is 120 Å². The number of anilines is 3. The quantitative estimate of drug-likeness (QED) is 0.343. The molecule has 1 aliphatic rings. The minimum Gasteiger partial charge on any atom is -0.497 e. The Bertz CT molecular complexity index is 1360. The third kappa shape index (κ3) is 5.39. The van der Waals surface area contributed by atoms with E-state index in [2.05, 4.69) is 10.6 Å². The molecule has 8 nitrogen and oxygen atoms in total. The highest BCUT2D eigenvalue weighted by Gasteiger charge is 2.36. The maximum absolute atomic E-state index is 13.6. The van der Waals surface area contributed by atoms with Gasteiger partial charge >= 0.3 is 12.1 Å². The van der Waals surface area contributed by atoms with E-state index < -0.39 is 12.3 Å². The second kappa shape index (κ2) is 10.8. The lowest BCUT2D eigenvalue weighted by atomic mass is 10.1. The summed E-state index contributed by atoms with van der Waals surface area (Å²) in [7, 11) is 1.59. The number of fused-ring (bicyclic) bond motifs is 1. The number of methoxy groups -OCH3 is 1. The molecule has 4 aromatic rings. The molecule has 37 heavy (non-hydrogen) atoms. The summed E-state index contributed by atoms with van der Waals surface area (Å²) in [5.41, 5.74) is 3.25. The first kappa shape index (κ1) is 23.9. The van der Waals surface area contributed by atoms with Gasteiger partial charge < -0.3 is 15.4 Å². The van der Waals surface area contributed by atoms with Gasteiger partial charge in [-0.15, -0.1) is 0 Å². The normalized spacial score (nSPS) is 14.8. The number of amides is 4. The van der Waals surface area contributed by atoms with E-state index in [4.69, 9.17) is 9.57 Å². The zero-order chi connectivity index (χ0) is 25.6. The maximum atomic E-state index is 13.6. The summed E-state index contributed by atoms with van der Waals surface area (Å²) in [6.45, 7) is 0.209. The third-order valence-corrected chi connectivity index (χ3v) is 5.94. The summed E-state index contributed by atoms with van der Waals surface area (Å²) in [6, 6.07) is 32.1. The Labute approximate surface area is 215 Å². The van der Waals surface area contributed by atoms with E-state index in [1.807, 2.05) is 78.9 Å². The van der Waals surface area contributed by atoms with Crippen LogP contribution in [0.3, 0.4) is 0 Å². The van der Waals surface area contributed by atoms with E-state index in [-0.39, 0.29) is 12.6 Å². The molecule has 1 unspecified atom stereocenters. The number of carbonyl (C=O) groups excluding carboxylic acids is 2. The Kier molecular flexibility index (Phi) is 7.00. The van der Waals surface area contributed by atoms with E-state index in [1.165, 1.54) is 5.06 Å². The van der Waals surface area contributed by atoms with Gasteiger partial charge in [-0.25, -0.2) is 14.4 Å². The monoisotopic (exact) mass is 494 g/mol. The summed E-state index contributed by atoms with van der Waals surface area (Å²) in [6.07, 6.45) is -0.913. The smallest absolute Gasteiger partial charge is 0.350 e. The van der Waals surface area contributed by atoms with Crippen molar-refractivity contribution < 1.29 is 19.2 Å². The molecule has 4 aromatic carbocycles. The van der Waals surface area contributed by atoms with Crippen LogP contribution in [0.15, 0.2) is 109 Å². The van der Waals surface area contributed by atoms with Crippen LogP contribution in [0, 0.1) is 0 Å². The summed E-state index contributed by atoms with van der Waals surface area (Å²) in [4.78, 5) is 35.0. The predicted octanol–water partition coefficient (Wildman–Crippen LogP) is 6.41. The number of para-hydroxylation sites is 3. The first-order valence-corrected chi connectivity index (χ1v) is 11.8. The van der Waals surface area contributed by atoms with Gasteiger partial charge in [0.2, 0.25) is 0 Å². The molecule has 1 heterocycles. The van der Waals surface area contributed by atoms with E-state index in [0.29, 0.717) is 28.4 Å². The van der Waals surface area contributed by atoms with Crippen LogP contribution in [0.1, 0.15) is 17.4 Å². The van der Waals surface area contributed by atoms with Crippen LogP contribution in [0.2, 0.25) is 0 Å². The SMILES string of the molecule is COc1ccc(C2ON(C(=O)Nc3ccccc3)c3ccccc3CN2C(=O)Nc2ccccc2)cc1. The highest BCUT2D eigenvalue weighted by molar-refractivity contribution is 6.01. The number of rotatable bonds is 4. The number of nitrogens with zero attached hydrogens (tertiary/aromatic N) is 2. The Morgan fingerprint density at radius 1 is 0.757 bits per heavy atom. The fourth-order valence-corrected chi connectivity index (χ4v) is 4.08. The van der Waals surface area contributed by atoms with Crippen molar-refractivity contribution in [1.82, 2.24) is 4.90 Å². The molecule has 2 N–H and O–H groups in total. The lowest BCUT2D eigenvalue weighted by Crippen LogP contribution is -2.42. The summed E-state index contributed by atoms with van der Waals surface area (Å²) >= 11 is 0. The van der Waals surface area contributed by atoms with Gasteiger partial charge in [0.15, 0.2) is 6.23 Å². The fraction of sp³-hybridized carbons (Fsp3) is 0.103. The van der Waals surface area contributed by atoms with Crippen LogP contribution in [-0.4, -0.2) is 24.1 Å². The Balaban J connectivity index is 1.53. The predicted molar refractivity (Wildman–Crippen MR) is 142 cm³/mol. The molecule has 5 rings (SSSR count). The van der Waals surface area contributed by atoms with E-state index in [1.54, 1.807) is 42.3 Å². The van der Waals surface area contributed by atoms with Gasteiger partial charge in [-0.1, -0.05) is 66.7 Å². The van der Waals surface area contributed by atoms with Crippen molar-refractivity contribution in [2.75, 3.05) is 22.8 Å². The number of hydrogen-bond acceptors (Lipinski definition) is 4. The molecule has 1 atom stereocenters. The molecule has 186 valence electrons. The molecule has 0 aliphatic carbocycles. The zero-order valence-electron chi connectivity index (χ0n) is 20.2. The number of ether oxygens (including phenoxy) is 1. The number of hydroxylamine groups is 1. The van der Waals surface area contributed by atoms with Gasteiger partial charge in [-0.2, -0.15) is 5.06 Å². The first-order valence-electron chi connectivity index (χ1n) is 11.8. The Morgan fingerprint density at radius 3 is 1.95 bits per heavy atom. The van der Waals surface area contributed by atoms with Crippen LogP contribution >= 0.6 is 0 Å². The van der Waals surface area contributed by atoms with E-state index >= 15 is 0 Å². The number of benzene rings is 4. The van der Waals surface area contributed by atoms with Crippen LogP contribution < -0.4 is 20.4 Å². The largest absolute Gasteiger partial charge is 0.497 e. The molecular weight excluding hydrogens is 468 g/mol. The molecule has 0 bridgehead atoms. The van der Waals surface area contributed by atoms with Crippen LogP contribution in [0.4, 0.5) is 26.7 Å². The van der Waals surface area contributed by atoms with Crippen molar-refractivity contribution in [2.24, 2.45) is 0 Å². The molecule has 4 amide bonds. The van der Waals surface area contributed by atoms with Crippen molar-refractivity contribution in [3.63, 3.8) is 0 Å². The van der Waals surface area contributed by atoms with Crippen LogP contribution in [0.5, 0.6) is 5.75 Å². The average Bonchev–Trinajstić information content (AvgIpc) is 3.12. The zero-order valence-corrected chi connectivity index (χ0v) is 20.2. The lowest BCUT2D eigenvalue weighted by molar-refractivity contribution is -0.0366. The summed E-state index contributed by atoms with van der Waals surface area (Å²) < 4.78 is 5.30. The molecule has 0 aromatic heterocycles. The highest BCUT2D eigenvalue weighted by Crippen LogP contribution is 2.36. The molecular formula is C29H26N4O4. The van der Waals surface area contributed by atoms with E-state index in [9.17, 15) is 9.59 Å². The van der Waals surface area contributed by atoms with Crippen molar-refractivity contribution >= 4 is 29.1 Å². The maximum Gasteiger partial charge on any atom is 0.350 e. The topological polar surface area (TPSA) is 83.1 Å². The summed E-state index contributed by atoms with van der Waals surface area (Å²) in [5, 5.41) is 7.03. The third-order valence-electron chi connectivity index (χ3n) is 5.94. The molecule has 1 aliphatic heterocycles. The molecule has 8 heteroatoms. The molecule has 0 spiro atoms. The fourth-order valence-electron chi connectivity index (χ4n) is 4.08. The lowest BCUT2D eigenvalue weighted by Gasteiger charge is -2.31. The minimum absolute atomic E-state index is 0.209. The average molecular weight is 495 g/mol. The number of urea groups is 2. The minimum atomic E-state index is -0.913. The van der Waals surface area contributed by atoms with Gasteiger partial charge in [0, 0.05) is 16.9 Å². The second-order valence-electron chi connectivity index (χ2n) is 8.37. The van der Waals surface area contributed by atoms with Gasteiger partial charge in [0.1, 0.15) is 5.75 Å². The van der Waals surface area contributed by atoms with Gasteiger partial charge in [-0.05, 0) is 48.0 Å².